The van der Waals surface area contributed by atoms with E-state index in [4.69, 9.17) is 9.97 Å². The smallest absolute Gasteiger partial charge is 0.131 e. The summed E-state index contributed by atoms with van der Waals surface area (Å²) >= 11 is 0. The van der Waals surface area contributed by atoms with E-state index in [1.165, 1.54) is 38.3 Å². The molecule has 0 atom stereocenters. The number of benzene rings is 6. The lowest BCUT2D eigenvalue weighted by atomic mass is 9.84. The molecule has 0 N–H and O–H groups in total. The first kappa shape index (κ1) is 25.1. The van der Waals surface area contributed by atoms with Gasteiger partial charge in [-0.2, -0.15) is 0 Å². The molecule has 0 saturated heterocycles. The topological polar surface area (TPSA) is 35.6 Å². The van der Waals surface area contributed by atoms with Gasteiger partial charge in [0.1, 0.15) is 5.65 Å². The SMILES string of the molecule is c1ccc(-n2c3ccccc3c3c4ccccc4n(-c4ccc5c(c4)-c4ccccc4-c4nccnc4-c4ccccc4-5)c32)cc1. The van der Waals surface area contributed by atoms with Crippen LogP contribution in [0.15, 0.2) is 158 Å². The Kier molecular flexibility index (Phi) is 5.25. The van der Waals surface area contributed by atoms with Crippen LogP contribution in [0.4, 0.5) is 0 Å². The van der Waals surface area contributed by atoms with Crippen molar-refractivity contribution in [3.8, 4) is 56.1 Å². The average Bonchev–Trinajstić information content (AvgIpc) is 3.64. The van der Waals surface area contributed by atoms with Gasteiger partial charge in [0.15, 0.2) is 0 Å². The highest BCUT2D eigenvalue weighted by atomic mass is 15.1. The standard InChI is InChI=1S/C42H26N4/c1-2-12-27(13-3-1)45-37-20-10-8-18-34(37)39-35-19-9-11-21-38(35)46(42(39)45)28-22-23-31-29-14-4-6-16-32(29)40-41(44-25-24-43-40)33-17-7-5-15-30(33)36(31)26-28/h1-26H. The molecule has 0 aliphatic heterocycles. The van der Waals surface area contributed by atoms with Gasteiger partial charge in [-0.1, -0.05) is 109 Å². The summed E-state index contributed by atoms with van der Waals surface area (Å²) in [5.74, 6) is 0. The van der Waals surface area contributed by atoms with E-state index in [-0.39, 0.29) is 0 Å². The van der Waals surface area contributed by atoms with Gasteiger partial charge in [-0.05, 0) is 58.7 Å². The lowest BCUT2D eigenvalue weighted by molar-refractivity contribution is 1.07. The highest BCUT2D eigenvalue weighted by Gasteiger charge is 2.26. The van der Waals surface area contributed by atoms with E-state index in [0.29, 0.717) is 0 Å². The van der Waals surface area contributed by atoms with Crippen molar-refractivity contribution < 1.29 is 0 Å². The molecule has 3 aromatic heterocycles. The van der Waals surface area contributed by atoms with Crippen LogP contribution < -0.4 is 0 Å². The highest BCUT2D eigenvalue weighted by molar-refractivity contribution is 6.22. The zero-order valence-corrected chi connectivity index (χ0v) is 24.8. The fraction of sp³-hybridized carbons (Fsp3) is 0. The molecular weight excluding hydrogens is 560 g/mol. The van der Waals surface area contributed by atoms with Gasteiger partial charge in [-0.3, -0.25) is 19.1 Å². The van der Waals surface area contributed by atoms with E-state index in [0.717, 1.165) is 50.7 Å². The minimum Gasteiger partial charge on any atom is -0.295 e. The molecule has 0 amide bonds. The molecule has 0 saturated carbocycles. The molecule has 3 heterocycles. The zero-order valence-electron chi connectivity index (χ0n) is 24.8. The van der Waals surface area contributed by atoms with Gasteiger partial charge in [0.05, 0.1) is 22.4 Å². The first-order chi connectivity index (χ1) is 22.9. The minimum absolute atomic E-state index is 0.902. The normalized spacial score (nSPS) is 11.9. The molecule has 0 fully saturated rings. The quantitative estimate of drug-likeness (QED) is 0.202. The molecule has 6 aromatic carbocycles. The maximum atomic E-state index is 4.89. The van der Waals surface area contributed by atoms with Crippen molar-refractivity contribution in [1.82, 2.24) is 19.1 Å². The molecule has 1 aliphatic carbocycles. The monoisotopic (exact) mass is 586 g/mol. The van der Waals surface area contributed by atoms with Crippen molar-refractivity contribution in [3.63, 3.8) is 0 Å². The molecule has 0 unspecified atom stereocenters. The van der Waals surface area contributed by atoms with Crippen molar-refractivity contribution in [2.45, 2.75) is 0 Å². The lowest BCUT2D eigenvalue weighted by Crippen LogP contribution is -2.03. The van der Waals surface area contributed by atoms with Crippen LogP contribution in [-0.2, 0) is 0 Å². The molecule has 214 valence electrons. The molecular formula is C42H26N4. The van der Waals surface area contributed by atoms with Gasteiger partial charge in [0, 0.05) is 51.1 Å². The zero-order chi connectivity index (χ0) is 30.2. The van der Waals surface area contributed by atoms with E-state index in [1.54, 1.807) is 12.4 Å². The highest BCUT2D eigenvalue weighted by Crippen LogP contribution is 2.48. The molecule has 0 radical (unpaired) electrons. The second-order valence-corrected chi connectivity index (χ2v) is 11.8. The van der Waals surface area contributed by atoms with Crippen LogP contribution in [0.1, 0.15) is 0 Å². The number of para-hydroxylation sites is 3. The number of hydrogen-bond donors (Lipinski definition) is 0. The Morgan fingerprint density at radius 1 is 0.370 bits per heavy atom. The van der Waals surface area contributed by atoms with Gasteiger partial charge in [0.2, 0.25) is 0 Å². The van der Waals surface area contributed by atoms with Crippen LogP contribution >= 0.6 is 0 Å². The second-order valence-electron chi connectivity index (χ2n) is 11.8. The van der Waals surface area contributed by atoms with Crippen molar-refractivity contribution >= 4 is 32.8 Å². The Morgan fingerprint density at radius 3 is 1.48 bits per heavy atom. The Hall–Kier alpha value is -6.26. The summed E-state index contributed by atoms with van der Waals surface area (Å²) in [4.78, 5) is 9.74. The Bertz CT molecular complexity index is 2640. The molecule has 9 aromatic rings. The number of fused-ring (bicyclic) bond motifs is 13. The van der Waals surface area contributed by atoms with Gasteiger partial charge >= 0.3 is 0 Å². The van der Waals surface area contributed by atoms with Crippen molar-refractivity contribution in [3.05, 3.63) is 158 Å². The predicted molar refractivity (Wildman–Crippen MR) is 189 cm³/mol. The lowest BCUT2D eigenvalue weighted by Gasteiger charge is -2.22. The molecule has 1 aliphatic rings. The summed E-state index contributed by atoms with van der Waals surface area (Å²) in [5, 5.41) is 3.75. The third-order valence-corrected chi connectivity index (χ3v) is 9.39. The summed E-state index contributed by atoms with van der Waals surface area (Å²) in [5.41, 5.74) is 14.4. The minimum atomic E-state index is 0.902. The Balaban J connectivity index is 1.35. The molecule has 46 heavy (non-hydrogen) atoms. The van der Waals surface area contributed by atoms with Gasteiger partial charge in [-0.15, -0.1) is 0 Å². The summed E-state index contributed by atoms with van der Waals surface area (Å²) in [6.07, 6.45) is 3.58. The van der Waals surface area contributed by atoms with E-state index in [1.807, 2.05) is 0 Å². The van der Waals surface area contributed by atoms with Gasteiger partial charge in [-0.25, -0.2) is 0 Å². The number of nitrogens with zero attached hydrogens (tertiary/aromatic N) is 4. The summed E-state index contributed by atoms with van der Waals surface area (Å²) in [7, 11) is 0. The molecule has 0 bridgehead atoms. The molecule has 0 spiro atoms. The maximum absolute atomic E-state index is 4.89. The Labute approximate surface area is 265 Å². The Morgan fingerprint density at radius 2 is 0.848 bits per heavy atom. The average molecular weight is 587 g/mol. The summed E-state index contributed by atoms with van der Waals surface area (Å²) in [6.45, 7) is 0. The molecule has 4 heteroatoms. The number of rotatable bonds is 2. The van der Waals surface area contributed by atoms with E-state index < -0.39 is 0 Å². The van der Waals surface area contributed by atoms with Crippen LogP contribution in [0, 0.1) is 0 Å². The largest absolute Gasteiger partial charge is 0.295 e. The van der Waals surface area contributed by atoms with Crippen LogP contribution in [0.25, 0.3) is 89.0 Å². The predicted octanol–water partition coefficient (Wildman–Crippen LogP) is 10.5. The van der Waals surface area contributed by atoms with E-state index in [2.05, 4.69) is 155 Å². The summed E-state index contributed by atoms with van der Waals surface area (Å²) < 4.78 is 4.86. The fourth-order valence-electron chi connectivity index (χ4n) is 7.51. The number of hydrogen-bond acceptors (Lipinski definition) is 2. The molecule has 10 rings (SSSR count). The van der Waals surface area contributed by atoms with Crippen molar-refractivity contribution in [1.29, 1.82) is 0 Å². The van der Waals surface area contributed by atoms with Crippen molar-refractivity contribution in [2.24, 2.45) is 0 Å². The third kappa shape index (κ3) is 3.44. The van der Waals surface area contributed by atoms with Crippen molar-refractivity contribution in [2.75, 3.05) is 0 Å². The van der Waals surface area contributed by atoms with Gasteiger partial charge < -0.3 is 0 Å². The fourth-order valence-corrected chi connectivity index (χ4v) is 7.51. The van der Waals surface area contributed by atoms with Gasteiger partial charge in [0.25, 0.3) is 0 Å². The first-order valence-electron chi connectivity index (χ1n) is 15.6. The van der Waals surface area contributed by atoms with Crippen LogP contribution in [0.2, 0.25) is 0 Å². The van der Waals surface area contributed by atoms with E-state index >= 15 is 0 Å². The van der Waals surface area contributed by atoms with Crippen LogP contribution in [0.5, 0.6) is 0 Å². The third-order valence-electron chi connectivity index (χ3n) is 9.39. The maximum Gasteiger partial charge on any atom is 0.131 e. The number of aromatic nitrogens is 4. The molecule has 4 nitrogen and oxygen atoms in total. The summed E-state index contributed by atoms with van der Waals surface area (Å²) in [6, 6.07) is 52.3. The van der Waals surface area contributed by atoms with Crippen LogP contribution in [-0.4, -0.2) is 19.1 Å². The van der Waals surface area contributed by atoms with E-state index in [9.17, 15) is 0 Å². The van der Waals surface area contributed by atoms with Crippen LogP contribution in [0.3, 0.4) is 0 Å². The second kappa shape index (κ2) is 9.62. The first-order valence-corrected chi connectivity index (χ1v) is 15.6.